The molecule has 1 unspecified atom stereocenters. The van der Waals surface area contributed by atoms with E-state index in [-0.39, 0.29) is 17.9 Å². The fraction of sp³-hybridized carbons (Fsp3) is 0.222. The Morgan fingerprint density at radius 2 is 2.05 bits per heavy atom. The Morgan fingerprint density at radius 1 is 1.20 bits per heavy atom. The normalized spacial score (nSPS) is 14.6. The maximum absolute atomic E-state index is 13.7. The molecule has 13 heteroatoms. The van der Waals surface area contributed by atoms with Crippen LogP contribution in [0.5, 0.6) is 0 Å². The summed E-state index contributed by atoms with van der Waals surface area (Å²) >= 11 is 6.28. The zero-order chi connectivity index (χ0) is 27.9. The Labute approximate surface area is 232 Å². The molecular formula is C27H23ClFN9O2. The van der Waals surface area contributed by atoms with Crippen molar-refractivity contribution in [2.75, 3.05) is 6.54 Å². The quantitative estimate of drug-likeness (QED) is 0.175. The van der Waals surface area contributed by atoms with Crippen LogP contribution in [0.1, 0.15) is 31.5 Å². The molecule has 0 aliphatic heterocycles. The van der Waals surface area contributed by atoms with Crippen molar-refractivity contribution in [3.63, 3.8) is 0 Å². The fourth-order valence-corrected chi connectivity index (χ4v) is 4.68. The minimum atomic E-state index is -0.642. The Morgan fingerprint density at radius 3 is 2.77 bits per heavy atom. The Balaban J connectivity index is 1.37. The van der Waals surface area contributed by atoms with E-state index in [0.29, 0.717) is 38.7 Å². The van der Waals surface area contributed by atoms with Crippen LogP contribution < -0.4 is 10.0 Å². The second kappa shape index (κ2) is 10.1. The molecule has 11 nitrogen and oxygen atoms in total. The minimum Gasteiger partial charge on any atom is -0.618 e. The lowest BCUT2D eigenvalue weighted by Crippen LogP contribution is -2.41. The number of nitrogens with one attached hydrogen (secondary N) is 1. The Hall–Kier alpha value is -4.71. The maximum Gasteiger partial charge on any atom is 0.226 e. The Kier molecular flexibility index (Phi) is 6.46. The molecule has 0 bridgehead atoms. The number of pyridine rings is 2. The van der Waals surface area contributed by atoms with E-state index in [1.807, 2.05) is 6.92 Å². The molecule has 6 rings (SSSR count). The number of carbonyl (C=O) groups excluding carboxylic acids is 1. The van der Waals surface area contributed by atoms with E-state index >= 15 is 0 Å². The van der Waals surface area contributed by atoms with Crippen LogP contribution in [-0.4, -0.2) is 47.4 Å². The van der Waals surface area contributed by atoms with Crippen LogP contribution in [0.3, 0.4) is 0 Å². The van der Waals surface area contributed by atoms with Crippen LogP contribution in [0.25, 0.3) is 27.9 Å². The summed E-state index contributed by atoms with van der Waals surface area (Å²) in [6, 6.07) is 11.0. The van der Waals surface area contributed by atoms with Crippen LogP contribution >= 0.6 is 11.6 Å². The first-order chi connectivity index (χ1) is 19.3. The smallest absolute Gasteiger partial charge is 0.226 e. The zero-order valence-corrected chi connectivity index (χ0v) is 22.0. The van der Waals surface area contributed by atoms with Crippen LogP contribution in [0, 0.1) is 16.6 Å². The standard InChI is InChI=1S/C27H23ClFN9O2/c1-27(7-8-27)26(39)31-13-24(36-14-19(12-33-36)17-6-9-30-25(29)10-17)23-4-2-18(15-38(23)40)21-11-20(28)3-5-22(21)37-16-32-34-35-37/h2-6,9-12,14-16,24H,7-8,13H2,1H3,(H,31,39). The minimum absolute atomic E-state index is 0.0693. The van der Waals surface area contributed by atoms with Gasteiger partial charge in [0.1, 0.15) is 6.33 Å². The number of aromatic nitrogens is 8. The molecule has 1 N–H and O–H groups in total. The highest BCUT2D eigenvalue weighted by molar-refractivity contribution is 6.31. The summed E-state index contributed by atoms with van der Waals surface area (Å²) in [6.45, 7) is 2.05. The number of carbonyl (C=O) groups is 1. The predicted octanol–water partition coefficient (Wildman–Crippen LogP) is 3.52. The van der Waals surface area contributed by atoms with Crippen LogP contribution in [-0.2, 0) is 4.79 Å². The third kappa shape index (κ3) is 5.00. The van der Waals surface area contributed by atoms with Crippen molar-refractivity contribution in [2.45, 2.75) is 25.8 Å². The van der Waals surface area contributed by atoms with Gasteiger partial charge in [-0.2, -0.15) is 18.9 Å². The first-order valence-corrected chi connectivity index (χ1v) is 12.9. The van der Waals surface area contributed by atoms with E-state index in [4.69, 9.17) is 11.6 Å². The monoisotopic (exact) mass is 559 g/mol. The van der Waals surface area contributed by atoms with Gasteiger partial charge in [-0.1, -0.05) is 18.5 Å². The molecule has 202 valence electrons. The summed E-state index contributed by atoms with van der Waals surface area (Å²) in [5, 5.41) is 32.8. The van der Waals surface area contributed by atoms with Gasteiger partial charge in [-0.15, -0.1) is 5.10 Å². The number of amides is 1. The summed E-state index contributed by atoms with van der Waals surface area (Å²) < 4.78 is 17.6. The highest BCUT2D eigenvalue weighted by Crippen LogP contribution is 2.45. The molecule has 0 radical (unpaired) electrons. The van der Waals surface area contributed by atoms with Crippen molar-refractivity contribution in [1.82, 2.24) is 40.3 Å². The van der Waals surface area contributed by atoms with E-state index in [0.717, 1.165) is 17.6 Å². The van der Waals surface area contributed by atoms with Crippen LogP contribution in [0.15, 0.2) is 73.6 Å². The van der Waals surface area contributed by atoms with Crippen molar-refractivity contribution in [2.24, 2.45) is 5.41 Å². The van der Waals surface area contributed by atoms with Gasteiger partial charge in [0, 0.05) is 51.7 Å². The number of benzene rings is 1. The molecule has 1 aromatic carbocycles. The van der Waals surface area contributed by atoms with Crippen molar-refractivity contribution < 1.29 is 13.9 Å². The predicted molar refractivity (Wildman–Crippen MR) is 142 cm³/mol. The zero-order valence-electron chi connectivity index (χ0n) is 21.3. The number of nitrogens with zero attached hydrogens (tertiary/aromatic N) is 8. The van der Waals surface area contributed by atoms with Gasteiger partial charge >= 0.3 is 0 Å². The number of tetrazole rings is 1. The maximum atomic E-state index is 13.7. The third-order valence-corrected chi connectivity index (χ3v) is 7.37. The van der Waals surface area contributed by atoms with E-state index in [1.165, 1.54) is 29.5 Å². The lowest BCUT2D eigenvalue weighted by molar-refractivity contribution is -0.615. The van der Waals surface area contributed by atoms with Crippen molar-refractivity contribution >= 4 is 17.5 Å². The van der Waals surface area contributed by atoms with Gasteiger partial charge < -0.3 is 10.5 Å². The van der Waals surface area contributed by atoms with Crippen molar-refractivity contribution in [3.05, 3.63) is 95.5 Å². The molecule has 1 aliphatic rings. The van der Waals surface area contributed by atoms with E-state index < -0.39 is 12.0 Å². The molecule has 40 heavy (non-hydrogen) atoms. The van der Waals surface area contributed by atoms with Gasteiger partial charge in [0.25, 0.3) is 0 Å². The van der Waals surface area contributed by atoms with Crippen LogP contribution in [0.2, 0.25) is 5.02 Å². The van der Waals surface area contributed by atoms with Gasteiger partial charge in [0.15, 0.2) is 12.2 Å². The molecule has 1 atom stereocenters. The third-order valence-electron chi connectivity index (χ3n) is 7.14. The molecule has 0 spiro atoms. The van der Waals surface area contributed by atoms with E-state index in [2.05, 4.69) is 30.9 Å². The molecule has 1 fully saturated rings. The number of halogens is 2. The number of hydrogen-bond acceptors (Lipinski definition) is 7. The molecule has 4 aromatic heterocycles. The number of rotatable bonds is 8. The van der Waals surface area contributed by atoms with Gasteiger partial charge in [-0.05, 0) is 59.2 Å². The highest BCUT2D eigenvalue weighted by atomic mass is 35.5. The SMILES string of the molecule is CC1(C(=O)NCC(c2ccc(-c3cc(Cl)ccc3-n3cnnn3)c[n+]2[O-])n2cc(-c3ccnc(F)c3)cn2)CC1. The lowest BCUT2D eigenvalue weighted by Gasteiger charge is -2.20. The molecule has 1 saturated carbocycles. The fourth-order valence-electron chi connectivity index (χ4n) is 4.51. The summed E-state index contributed by atoms with van der Waals surface area (Å²) in [5.41, 5.74) is 3.10. The first-order valence-electron chi connectivity index (χ1n) is 12.5. The second-order valence-electron chi connectivity index (χ2n) is 9.95. The molecular weight excluding hydrogens is 537 g/mol. The average Bonchev–Trinajstić information content (AvgIpc) is 3.33. The molecule has 1 amide bonds. The highest BCUT2D eigenvalue weighted by Gasteiger charge is 2.45. The van der Waals surface area contributed by atoms with Gasteiger partial charge in [0.05, 0.1) is 18.4 Å². The summed E-state index contributed by atoms with van der Waals surface area (Å²) in [7, 11) is 0. The van der Waals surface area contributed by atoms with Gasteiger partial charge in [-0.3, -0.25) is 9.48 Å². The first kappa shape index (κ1) is 25.6. The summed E-state index contributed by atoms with van der Waals surface area (Å²) in [4.78, 5) is 16.4. The van der Waals surface area contributed by atoms with Gasteiger partial charge in [-0.25, -0.2) is 4.98 Å². The molecule has 5 aromatic rings. The summed E-state index contributed by atoms with van der Waals surface area (Å²) in [6.07, 6.45) is 9.21. The van der Waals surface area contributed by atoms with E-state index in [9.17, 15) is 14.4 Å². The number of hydrogen-bond donors (Lipinski definition) is 1. The van der Waals surface area contributed by atoms with Crippen molar-refractivity contribution in [3.8, 4) is 27.9 Å². The van der Waals surface area contributed by atoms with E-state index in [1.54, 1.807) is 53.5 Å². The van der Waals surface area contributed by atoms with Crippen molar-refractivity contribution in [1.29, 1.82) is 0 Å². The van der Waals surface area contributed by atoms with Crippen LogP contribution in [0.4, 0.5) is 4.39 Å². The summed E-state index contributed by atoms with van der Waals surface area (Å²) in [5.74, 6) is -0.679. The lowest BCUT2D eigenvalue weighted by atomic mass is 10.0. The molecule has 4 heterocycles. The topological polar surface area (TPSA) is 130 Å². The largest absolute Gasteiger partial charge is 0.618 e. The Bertz CT molecular complexity index is 1700. The average molecular weight is 560 g/mol. The second-order valence-corrected chi connectivity index (χ2v) is 10.4. The molecule has 0 saturated heterocycles. The molecule has 1 aliphatic carbocycles. The van der Waals surface area contributed by atoms with Gasteiger partial charge in [0.2, 0.25) is 17.5 Å².